The number of fused-ring (bicyclic) bond motifs is 3. The van der Waals surface area contributed by atoms with Gasteiger partial charge in [-0.2, -0.15) is 0 Å². The van der Waals surface area contributed by atoms with Crippen LogP contribution in [0.1, 0.15) is 25.0 Å². The second-order valence-electron chi connectivity index (χ2n) is 5.24. The Bertz CT molecular complexity index is 868. The first-order chi connectivity index (χ1) is 9.50. The Kier molecular flexibility index (Phi) is 2.68. The number of hydrogen-bond donors (Lipinski definition) is 1. The van der Waals surface area contributed by atoms with Gasteiger partial charge in [-0.1, -0.05) is 31.4 Å². The zero-order valence-corrected chi connectivity index (χ0v) is 11.8. The van der Waals surface area contributed by atoms with E-state index in [2.05, 4.69) is 13.2 Å². The summed E-state index contributed by atoms with van der Waals surface area (Å²) in [5.74, 6) is 0. The van der Waals surface area contributed by atoms with Gasteiger partial charge in [0.05, 0.1) is 0 Å². The molecule has 0 unspecified atom stereocenters. The molecule has 20 heavy (non-hydrogen) atoms. The van der Waals surface area contributed by atoms with Crippen molar-refractivity contribution in [3.63, 3.8) is 0 Å². The summed E-state index contributed by atoms with van der Waals surface area (Å²) >= 11 is 0. The number of para-hydroxylation sites is 1. The highest BCUT2D eigenvalue weighted by Crippen LogP contribution is 2.40. The number of allylic oxidation sites excluding steroid dienone is 2. The Labute approximate surface area is 118 Å². The summed E-state index contributed by atoms with van der Waals surface area (Å²) in [6.45, 7) is 12.0. The molecular formula is C18H17NO. The molecule has 2 heteroatoms. The first-order valence-corrected chi connectivity index (χ1v) is 6.56. The highest BCUT2D eigenvalue weighted by molar-refractivity contribution is 6.13. The van der Waals surface area contributed by atoms with Gasteiger partial charge >= 0.3 is 0 Å². The second kappa shape index (κ2) is 4.27. The van der Waals surface area contributed by atoms with E-state index in [0.717, 1.165) is 49.9 Å². The molecule has 0 aliphatic heterocycles. The predicted octanol–water partition coefficient (Wildman–Crippen LogP) is 5.23. The standard InChI is InChI=1S/C18H17NO/c1-10(2)13-9-15-17(16(11(3)4)18(13)19)12-7-5-6-8-14(12)20-15/h5-9H,1,3,19H2,2,4H3. The second-order valence-corrected chi connectivity index (χ2v) is 5.24. The molecule has 1 aromatic heterocycles. The van der Waals surface area contributed by atoms with E-state index >= 15 is 0 Å². The van der Waals surface area contributed by atoms with Crippen molar-refractivity contribution in [2.75, 3.05) is 5.73 Å². The topological polar surface area (TPSA) is 39.2 Å². The van der Waals surface area contributed by atoms with E-state index < -0.39 is 0 Å². The van der Waals surface area contributed by atoms with E-state index in [9.17, 15) is 0 Å². The molecule has 0 radical (unpaired) electrons. The van der Waals surface area contributed by atoms with Crippen LogP contribution in [0.15, 0.2) is 47.9 Å². The molecule has 1 heterocycles. The van der Waals surface area contributed by atoms with Crippen molar-refractivity contribution in [3.05, 3.63) is 54.6 Å². The number of benzene rings is 2. The molecule has 3 rings (SSSR count). The third-order valence-corrected chi connectivity index (χ3v) is 3.59. The minimum atomic E-state index is 0.726. The molecule has 2 nitrogen and oxygen atoms in total. The lowest BCUT2D eigenvalue weighted by molar-refractivity contribution is 0.669. The summed E-state index contributed by atoms with van der Waals surface area (Å²) in [5, 5.41) is 2.11. The van der Waals surface area contributed by atoms with Crippen LogP contribution < -0.4 is 5.73 Å². The number of nitrogens with two attached hydrogens (primary N) is 1. The number of hydrogen-bond acceptors (Lipinski definition) is 2. The fourth-order valence-electron chi connectivity index (χ4n) is 2.70. The molecule has 0 amide bonds. The van der Waals surface area contributed by atoms with Gasteiger partial charge in [0, 0.05) is 27.6 Å². The van der Waals surface area contributed by atoms with E-state index in [1.54, 1.807) is 0 Å². The van der Waals surface area contributed by atoms with E-state index in [0.29, 0.717) is 0 Å². The van der Waals surface area contributed by atoms with E-state index in [-0.39, 0.29) is 0 Å². The van der Waals surface area contributed by atoms with Crippen molar-refractivity contribution in [1.29, 1.82) is 0 Å². The van der Waals surface area contributed by atoms with Gasteiger partial charge in [0.15, 0.2) is 0 Å². The largest absolute Gasteiger partial charge is 0.456 e. The Morgan fingerprint density at radius 3 is 2.40 bits per heavy atom. The van der Waals surface area contributed by atoms with E-state index in [4.69, 9.17) is 10.2 Å². The minimum Gasteiger partial charge on any atom is -0.456 e. The third kappa shape index (κ3) is 1.65. The molecule has 100 valence electrons. The van der Waals surface area contributed by atoms with Crippen molar-refractivity contribution in [3.8, 4) is 0 Å². The first kappa shape index (κ1) is 12.5. The highest BCUT2D eigenvalue weighted by Gasteiger charge is 2.17. The molecule has 2 N–H and O–H groups in total. The van der Waals surface area contributed by atoms with Crippen molar-refractivity contribution in [2.24, 2.45) is 0 Å². The maximum absolute atomic E-state index is 6.34. The molecule has 0 saturated heterocycles. The van der Waals surface area contributed by atoms with Crippen LogP contribution in [0.4, 0.5) is 5.69 Å². The molecule has 0 bridgehead atoms. The normalized spacial score (nSPS) is 11.1. The van der Waals surface area contributed by atoms with Crippen LogP contribution in [0.2, 0.25) is 0 Å². The average molecular weight is 263 g/mol. The summed E-state index contributed by atoms with van der Waals surface area (Å²) in [4.78, 5) is 0. The van der Waals surface area contributed by atoms with Crippen molar-refractivity contribution >= 4 is 38.8 Å². The lowest BCUT2D eigenvalue weighted by Gasteiger charge is -2.12. The van der Waals surface area contributed by atoms with Gasteiger partial charge in [-0.3, -0.25) is 0 Å². The fourth-order valence-corrected chi connectivity index (χ4v) is 2.70. The summed E-state index contributed by atoms with van der Waals surface area (Å²) in [7, 11) is 0. The minimum absolute atomic E-state index is 0.726. The van der Waals surface area contributed by atoms with Crippen LogP contribution in [-0.4, -0.2) is 0 Å². The molecule has 0 aliphatic rings. The van der Waals surface area contributed by atoms with Gasteiger partial charge in [-0.05, 0) is 37.1 Å². The predicted molar refractivity (Wildman–Crippen MR) is 87.5 cm³/mol. The zero-order valence-electron chi connectivity index (χ0n) is 11.8. The Morgan fingerprint density at radius 1 is 1.05 bits per heavy atom. The third-order valence-electron chi connectivity index (χ3n) is 3.59. The summed E-state index contributed by atoms with van der Waals surface area (Å²) in [6, 6.07) is 9.96. The van der Waals surface area contributed by atoms with Gasteiger partial charge in [0.2, 0.25) is 0 Å². The summed E-state index contributed by atoms with van der Waals surface area (Å²) < 4.78 is 5.95. The fraction of sp³-hybridized carbons (Fsp3) is 0.111. The first-order valence-electron chi connectivity index (χ1n) is 6.56. The average Bonchev–Trinajstić information content (AvgIpc) is 2.75. The molecule has 0 fully saturated rings. The Morgan fingerprint density at radius 2 is 1.75 bits per heavy atom. The molecule has 3 aromatic rings. The summed E-state index contributed by atoms with van der Waals surface area (Å²) in [6.07, 6.45) is 0. The highest BCUT2D eigenvalue weighted by atomic mass is 16.3. The van der Waals surface area contributed by atoms with Gasteiger partial charge in [-0.25, -0.2) is 0 Å². The van der Waals surface area contributed by atoms with Gasteiger partial charge < -0.3 is 10.2 Å². The molecule has 2 aromatic carbocycles. The molecule has 0 atom stereocenters. The number of anilines is 1. The zero-order chi connectivity index (χ0) is 14.4. The van der Waals surface area contributed by atoms with Crippen LogP contribution in [0.3, 0.4) is 0 Å². The molecule has 0 saturated carbocycles. The number of nitrogen functional groups attached to an aromatic ring is 1. The summed E-state index contributed by atoms with van der Waals surface area (Å²) in [5.41, 5.74) is 12.5. The maximum atomic E-state index is 6.34. The van der Waals surface area contributed by atoms with Crippen LogP contribution >= 0.6 is 0 Å². The van der Waals surface area contributed by atoms with Crippen molar-refractivity contribution in [1.82, 2.24) is 0 Å². The van der Waals surface area contributed by atoms with Gasteiger partial charge in [0.1, 0.15) is 11.2 Å². The SMILES string of the molecule is C=C(C)c1cc2oc3ccccc3c2c(C(=C)C)c1N. The van der Waals surface area contributed by atoms with Crippen LogP contribution in [0.5, 0.6) is 0 Å². The van der Waals surface area contributed by atoms with Crippen molar-refractivity contribution < 1.29 is 4.42 Å². The monoisotopic (exact) mass is 263 g/mol. The van der Waals surface area contributed by atoms with Crippen LogP contribution in [0.25, 0.3) is 33.1 Å². The smallest absolute Gasteiger partial charge is 0.136 e. The lowest BCUT2D eigenvalue weighted by atomic mass is 9.94. The van der Waals surface area contributed by atoms with Crippen LogP contribution in [0, 0.1) is 0 Å². The lowest BCUT2D eigenvalue weighted by Crippen LogP contribution is -1.98. The molecule has 0 spiro atoms. The van der Waals surface area contributed by atoms with Crippen LogP contribution in [-0.2, 0) is 0 Å². The molecule has 0 aliphatic carbocycles. The van der Waals surface area contributed by atoms with E-state index in [1.165, 1.54) is 0 Å². The number of rotatable bonds is 2. The van der Waals surface area contributed by atoms with Crippen molar-refractivity contribution in [2.45, 2.75) is 13.8 Å². The number of furan rings is 1. The van der Waals surface area contributed by atoms with E-state index in [1.807, 2.05) is 44.2 Å². The van der Waals surface area contributed by atoms with Gasteiger partial charge in [-0.15, -0.1) is 0 Å². The Hall–Kier alpha value is -2.48. The quantitative estimate of drug-likeness (QED) is 0.642. The Balaban J connectivity index is 2.59. The molecular weight excluding hydrogens is 246 g/mol. The maximum Gasteiger partial charge on any atom is 0.136 e. The van der Waals surface area contributed by atoms with Gasteiger partial charge in [0.25, 0.3) is 0 Å².